The molecule has 0 amide bonds. The van der Waals surface area contributed by atoms with Gasteiger partial charge in [-0.3, -0.25) is 4.57 Å². The van der Waals surface area contributed by atoms with E-state index in [4.69, 9.17) is 8.83 Å². The second-order valence-electron chi connectivity index (χ2n) is 10.7. The summed E-state index contributed by atoms with van der Waals surface area (Å²) in [5.74, 6) is 0. The summed E-state index contributed by atoms with van der Waals surface area (Å²) in [4.78, 5) is 0. The number of anilines is 2. The largest absolute Gasteiger partial charge is 0.456 e. The molecule has 9 rings (SSSR count). The molecule has 1 N–H and O–H groups in total. The van der Waals surface area contributed by atoms with Crippen LogP contribution in [0, 0.1) is 0 Å². The van der Waals surface area contributed by atoms with E-state index in [1.54, 1.807) is 0 Å². The zero-order chi connectivity index (χ0) is 27.6. The molecule has 6 aromatic carbocycles. The maximum absolute atomic E-state index is 6.49. The highest BCUT2D eigenvalue weighted by molar-refractivity contribution is 6.24. The van der Waals surface area contributed by atoms with Crippen molar-refractivity contribution < 1.29 is 8.83 Å². The van der Waals surface area contributed by atoms with E-state index in [1.165, 1.54) is 10.9 Å². The molecule has 0 aliphatic carbocycles. The number of benzene rings is 6. The Morgan fingerprint density at radius 3 is 2.00 bits per heavy atom. The number of hydrogen-bond donors (Lipinski definition) is 1. The number of aromatic nitrogens is 1. The number of fused-ring (bicyclic) bond motifs is 8. The van der Waals surface area contributed by atoms with Crippen LogP contribution in [0.1, 0.15) is 0 Å². The highest BCUT2D eigenvalue weighted by atomic mass is 16.3. The fraction of sp³-hybridized carbons (Fsp3) is 0. The lowest BCUT2D eigenvalue weighted by Gasteiger charge is -2.10. The van der Waals surface area contributed by atoms with Crippen LogP contribution in [0.2, 0.25) is 0 Å². The molecule has 0 fully saturated rings. The minimum absolute atomic E-state index is 0.865. The molecule has 0 radical (unpaired) electrons. The van der Waals surface area contributed by atoms with Crippen molar-refractivity contribution in [1.29, 1.82) is 0 Å². The van der Waals surface area contributed by atoms with Crippen molar-refractivity contribution in [3.63, 3.8) is 0 Å². The molecule has 0 spiro atoms. The zero-order valence-electron chi connectivity index (χ0n) is 22.5. The van der Waals surface area contributed by atoms with Gasteiger partial charge in [0.2, 0.25) is 5.71 Å². The number of hydrogen-bond acceptors (Lipinski definition) is 3. The van der Waals surface area contributed by atoms with Gasteiger partial charge >= 0.3 is 0 Å². The minimum Gasteiger partial charge on any atom is -0.456 e. The van der Waals surface area contributed by atoms with Crippen LogP contribution in [0.5, 0.6) is 0 Å². The van der Waals surface area contributed by atoms with Gasteiger partial charge in [-0.1, -0.05) is 78.9 Å². The summed E-state index contributed by atoms with van der Waals surface area (Å²) < 4.78 is 14.8. The third-order valence-corrected chi connectivity index (χ3v) is 8.19. The Morgan fingerprint density at radius 1 is 0.476 bits per heavy atom. The van der Waals surface area contributed by atoms with Crippen LogP contribution in [-0.2, 0) is 0 Å². The molecule has 0 saturated heterocycles. The quantitative estimate of drug-likeness (QED) is 0.241. The van der Waals surface area contributed by atoms with Gasteiger partial charge in [0.1, 0.15) is 16.7 Å². The Hall–Kier alpha value is -5.74. The topological polar surface area (TPSA) is 43.2 Å². The molecule has 0 atom stereocenters. The van der Waals surface area contributed by atoms with E-state index >= 15 is 0 Å². The van der Waals surface area contributed by atoms with Gasteiger partial charge in [-0.2, -0.15) is 0 Å². The maximum atomic E-state index is 6.49. The summed E-state index contributed by atoms with van der Waals surface area (Å²) >= 11 is 0. The van der Waals surface area contributed by atoms with Crippen LogP contribution >= 0.6 is 0 Å². The molecular formula is C38H24N2O2. The van der Waals surface area contributed by atoms with E-state index in [2.05, 4.69) is 113 Å². The molecule has 3 aromatic heterocycles. The average molecular weight is 541 g/mol. The Labute approximate surface area is 241 Å². The Balaban J connectivity index is 1.16. The fourth-order valence-corrected chi connectivity index (χ4v) is 6.31. The van der Waals surface area contributed by atoms with Crippen LogP contribution in [0.3, 0.4) is 0 Å². The molecule has 0 aliphatic rings. The van der Waals surface area contributed by atoms with E-state index in [0.717, 1.165) is 72.1 Å². The first kappa shape index (κ1) is 23.0. The lowest BCUT2D eigenvalue weighted by Crippen LogP contribution is -1.92. The monoisotopic (exact) mass is 540 g/mol. The van der Waals surface area contributed by atoms with Crippen LogP contribution in [0.15, 0.2) is 148 Å². The summed E-state index contributed by atoms with van der Waals surface area (Å²) in [5, 5.41) is 9.27. The lowest BCUT2D eigenvalue weighted by molar-refractivity contribution is 0.645. The molecule has 198 valence electrons. The second kappa shape index (κ2) is 8.88. The molecule has 0 saturated carbocycles. The SMILES string of the molecule is c1ccc(-n2c3cccc(-c4ccc(Nc5ccc6c(c5)oc5ccccc56)cc4)c3c3c4ccccc4oc32)cc1. The molecule has 4 nitrogen and oxygen atoms in total. The standard InChI is InChI=1S/C38H24N2O2/c1-2-9-27(10-3-1)40-32-14-8-13-28(36(32)37-31-12-5-7-16-34(31)42-38(37)40)24-17-19-25(20-18-24)39-26-21-22-30-29-11-4-6-15-33(29)41-35(30)23-26/h1-23,39H. The van der Waals surface area contributed by atoms with E-state index in [1.807, 2.05) is 36.4 Å². The van der Waals surface area contributed by atoms with Gasteiger partial charge in [-0.15, -0.1) is 0 Å². The van der Waals surface area contributed by atoms with Crippen molar-refractivity contribution in [3.05, 3.63) is 140 Å². The van der Waals surface area contributed by atoms with Gasteiger partial charge in [0.25, 0.3) is 0 Å². The van der Waals surface area contributed by atoms with E-state index in [-0.39, 0.29) is 0 Å². The van der Waals surface area contributed by atoms with E-state index in [9.17, 15) is 0 Å². The van der Waals surface area contributed by atoms with Gasteiger partial charge in [-0.25, -0.2) is 0 Å². The third kappa shape index (κ3) is 3.42. The molecule has 0 unspecified atom stereocenters. The lowest BCUT2D eigenvalue weighted by atomic mass is 9.99. The number of rotatable bonds is 4. The smallest absolute Gasteiger partial charge is 0.213 e. The summed E-state index contributed by atoms with van der Waals surface area (Å²) in [6.45, 7) is 0. The summed E-state index contributed by atoms with van der Waals surface area (Å²) in [6, 6.07) is 48.3. The van der Waals surface area contributed by atoms with Gasteiger partial charge in [0, 0.05) is 44.7 Å². The molecular weight excluding hydrogens is 516 g/mol. The van der Waals surface area contributed by atoms with E-state index < -0.39 is 0 Å². The van der Waals surface area contributed by atoms with Crippen molar-refractivity contribution in [2.75, 3.05) is 5.32 Å². The second-order valence-corrected chi connectivity index (χ2v) is 10.7. The number of furan rings is 2. The summed E-state index contributed by atoms with van der Waals surface area (Å²) in [6.07, 6.45) is 0. The molecule has 0 aliphatic heterocycles. The first-order valence-electron chi connectivity index (χ1n) is 14.1. The van der Waals surface area contributed by atoms with Crippen molar-refractivity contribution in [2.45, 2.75) is 0 Å². The first-order chi connectivity index (χ1) is 20.8. The van der Waals surface area contributed by atoms with Gasteiger partial charge in [-0.05, 0) is 65.7 Å². The molecule has 0 bridgehead atoms. The molecule has 4 heteroatoms. The van der Waals surface area contributed by atoms with Crippen molar-refractivity contribution in [1.82, 2.24) is 4.57 Å². The van der Waals surface area contributed by atoms with Crippen molar-refractivity contribution in [2.24, 2.45) is 0 Å². The average Bonchev–Trinajstić information content (AvgIpc) is 3.70. The number of para-hydroxylation sites is 3. The van der Waals surface area contributed by atoms with Gasteiger partial charge < -0.3 is 14.2 Å². The highest BCUT2D eigenvalue weighted by Crippen LogP contribution is 2.43. The van der Waals surface area contributed by atoms with Crippen molar-refractivity contribution in [3.8, 4) is 16.8 Å². The van der Waals surface area contributed by atoms with E-state index in [0.29, 0.717) is 0 Å². The van der Waals surface area contributed by atoms with Crippen LogP contribution < -0.4 is 5.32 Å². The zero-order valence-corrected chi connectivity index (χ0v) is 22.5. The molecule has 42 heavy (non-hydrogen) atoms. The van der Waals surface area contributed by atoms with Crippen LogP contribution in [0.25, 0.3) is 71.7 Å². The Kier molecular flexibility index (Phi) is 4.87. The first-order valence-corrected chi connectivity index (χ1v) is 14.1. The normalized spacial score (nSPS) is 11.8. The Bertz CT molecular complexity index is 2430. The highest BCUT2D eigenvalue weighted by Gasteiger charge is 2.21. The third-order valence-electron chi connectivity index (χ3n) is 8.19. The van der Waals surface area contributed by atoms with Gasteiger partial charge in [0.15, 0.2) is 0 Å². The maximum Gasteiger partial charge on any atom is 0.213 e. The summed E-state index contributed by atoms with van der Waals surface area (Å²) in [5.41, 5.74) is 10.1. The summed E-state index contributed by atoms with van der Waals surface area (Å²) in [7, 11) is 0. The predicted octanol–water partition coefficient (Wildman–Crippen LogP) is 10.8. The number of nitrogens with one attached hydrogen (secondary N) is 1. The van der Waals surface area contributed by atoms with Gasteiger partial charge in [0.05, 0.1) is 10.9 Å². The molecule has 9 aromatic rings. The Morgan fingerprint density at radius 2 is 1.17 bits per heavy atom. The van der Waals surface area contributed by atoms with Crippen molar-refractivity contribution >= 4 is 66.3 Å². The van der Waals surface area contributed by atoms with Crippen LogP contribution in [0.4, 0.5) is 11.4 Å². The predicted molar refractivity (Wildman–Crippen MR) is 173 cm³/mol. The fourth-order valence-electron chi connectivity index (χ4n) is 6.31. The molecule has 3 heterocycles. The minimum atomic E-state index is 0.865. The van der Waals surface area contributed by atoms with Crippen LogP contribution in [-0.4, -0.2) is 4.57 Å². The number of nitrogens with zero attached hydrogens (tertiary/aromatic N) is 1.